The van der Waals surface area contributed by atoms with E-state index in [-0.39, 0.29) is 29.2 Å². The van der Waals surface area contributed by atoms with E-state index in [1.807, 2.05) is 0 Å². The lowest BCUT2D eigenvalue weighted by atomic mass is 10.1. The van der Waals surface area contributed by atoms with Crippen LogP contribution >= 0.6 is 0 Å². The fraction of sp³-hybridized carbons (Fsp3) is 0.400. The van der Waals surface area contributed by atoms with Gasteiger partial charge < -0.3 is 11.1 Å². The first-order valence-electron chi connectivity index (χ1n) is 5.18. The van der Waals surface area contributed by atoms with Crippen molar-refractivity contribution in [3.63, 3.8) is 0 Å². The van der Waals surface area contributed by atoms with Crippen LogP contribution in [-0.2, 0) is 10.0 Å². The lowest BCUT2D eigenvalue weighted by Gasteiger charge is -2.12. The predicted molar refractivity (Wildman–Crippen MR) is 67.1 cm³/mol. The summed E-state index contributed by atoms with van der Waals surface area (Å²) in [6.45, 7) is 0.0345. The number of nitrogens with one attached hydrogen (secondary N) is 2. The molecule has 8 heteroatoms. The van der Waals surface area contributed by atoms with E-state index in [1.165, 1.54) is 25.2 Å². The van der Waals surface area contributed by atoms with E-state index in [9.17, 15) is 17.2 Å². The zero-order valence-electron chi connectivity index (χ0n) is 9.78. The molecule has 0 amide bonds. The van der Waals surface area contributed by atoms with E-state index in [0.29, 0.717) is 0 Å². The van der Waals surface area contributed by atoms with E-state index in [0.717, 1.165) is 0 Å². The van der Waals surface area contributed by atoms with Gasteiger partial charge in [0.2, 0.25) is 10.0 Å². The molecule has 0 aliphatic rings. The lowest BCUT2D eigenvalue weighted by Crippen LogP contribution is -2.26. The Bertz CT molecular complexity index is 506. The molecule has 0 spiro atoms. The van der Waals surface area contributed by atoms with Crippen LogP contribution in [0.25, 0.3) is 0 Å². The number of benzene rings is 1. The summed E-state index contributed by atoms with van der Waals surface area (Å²) in [6.07, 6.45) is -2.67. The van der Waals surface area contributed by atoms with Crippen LogP contribution in [0.5, 0.6) is 0 Å². The van der Waals surface area contributed by atoms with E-state index in [2.05, 4.69) is 10.0 Å². The summed E-state index contributed by atoms with van der Waals surface area (Å²) < 4.78 is 49.8. The van der Waals surface area contributed by atoms with Gasteiger partial charge in [0.15, 0.2) is 0 Å². The molecule has 0 aliphatic heterocycles. The summed E-state index contributed by atoms with van der Waals surface area (Å²) in [5.74, 6) is -0.198. The summed E-state index contributed by atoms with van der Waals surface area (Å²) in [6, 6.07) is 4.04. The Morgan fingerprint density at radius 2 is 2.06 bits per heavy atom. The molecule has 0 aromatic heterocycles. The number of alkyl halides is 2. The normalized spacial score (nSPS) is 11.8. The largest absolute Gasteiger partial charge is 0.399 e. The summed E-state index contributed by atoms with van der Waals surface area (Å²) in [5, 5.41) is 2.66. The molecule has 0 aliphatic carbocycles. The van der Waals surface area contributed by atoms with Crippen LogP contribution in [0.15, 0.2) is 18.2 Å². The Hall–Kier alpha value is -1.41. The molecule has 1 aromatic carbocycles. The van der Waals surface area contributed by atoms with Crippen molar-refractivity contribution >= 4 is 21.4 Å². The highest BCUT2D eigenvalue weighted by atomic mass is 32.2. The predicted octanol–water partition coefficient (Wildman–Crippen LogP) is 1.17. The van der Waals surface area contributed by atoms with Crippen LogP contribution in [0, 0.1) is 0 Å². The van der Waals surface area contributed by atoms with Gasteiger partial charge in [-0.1, -0.05) is 0 Å². The van der Waals surface area contributed by atoms with Crippen molar-refractivity contribution < 1.29 is 17.2 Å². The number of rotatable bonds is 6. The lowest BCUT2D eigenvalue weighted by molar-refractivity contribution is 0.152. The van der Waals surface area contributed by atoms with Gasteiger partial charge in [-0.25, -0.2) is 21.9 Å². The molecule has 0 saturated heterocycles. The number of anilines is 2. The Kier molecular flexibility index (Phi) is 4.85. The monoisotopic (exact) mass is 279 g/mol. The maximum absolute atomic E-state index is 12.7. The fourth-order valence-corrected chi connectivity index (χ4v) is 1.92. The minimum Gasteiger partial charge on any atom is -0.399 e. The number of nitrogens with two attached hydrogens (primary N) is 1. The van der Waals surface area contributed by atoms with Gasteiger partial charge in [0.1, 0.15) is 0 Å². The molecule has 0 atom stereocenters. The quantitative estimate of drug-likeness (QED) is 0.682. The molecule has 0 saturated carbocycles. The first kappa shape index (κ1) is 14.7. The number of sulfonamides is 1. The van der Waals surface area contributed by atoms with Gasteiger partial charge in [0.05, 0.1) is 5.75 Å². The average Bonchev–Trinajstić information content (AvgIpc) is 2.30. The highest BCUT2D eigenvalue weighted by Gasteiger charge is 2.14. The van der Waals surface area contributed by atoms with Gasteiger partial charge >= 0.3 is 0 Å². The first-order valence-corrected chi connectivity index (χ1v) is 6.83. The number of hydrogen-bond acceptors (Lipinski definition) is 4. The van der Waals surface area contributed by atoms with Gasteiger partial charge in [-0.15, -0.1) is 0 Å². The zero-order valence-corrected chi connectivity index (χ0v) is 10.6. The highest BCUT2D eigenvalue weighted by molar-refractivity contribution is 7.89. The molecule has 5 nitrogen and oxygen atoms in total. The van der Waals surface area contributed by atoms with Crippen molar-refractivity contribution in [2.75, 3.05) is 30.4 Å². The topological polar surface area (TPSA) is 84.2 Å². The third kappa shape index (κ3) is 4.11. The second-order valence-electron chi connectivity index (χ2n) is 3.60. The van der Waals surface area contributed by atoms with Gasteiger partial charge in [-0.3, -0.25) is 0 Å². The van der Waals surface area contributed by atoms with E-state index in [4.69, 9.17) is 5.73 Å². The molecular weight excluding hydrogens is 264 g/mol. The zero-order chi connectivity index (χ0) is 13.8. The van der Waals surface area contributed by atoms with Gasteiger partial charge in [-0.05, 0) is 25.2 Å². The van der Waals surface area contributed by atoms with Crippen LogP contribution in [0.3, 0.4) is 0 Å². The smallest absolute Gasteiger partial charge is 0.265 e. The fourth-order valence-electron chi connectivity index (χ4n) is 1.34. The Balaban J connectivity index is 2.73. The molecule has 0 unspecified atom stereocenters. The van der Waals surface area contributed by atoms with E-state index in [1.54, 1.807) is 0 Å². The Labute approximate surface area is 104 Å². The molecule has 1 aromatic rings. The SMILES string of the molecule is CNS(=O)(=O)CCNc1ccc(N)cc1C(F)F. The van der Waals surface area contributed by atoms with E-state index >= 15 is 0 Å². The molecule has 0 bridgehead atoms. The second kappa shape index (κ2) is 5.96. The van der Waals surface area contributed by atoms with E-state index < -0.39 is 16.4 Å². The molecule has 18 heavy (non-hydrogen) atoms. The average molecular weight is 279 g/mol. The standard InChI is InChI=1S/C10H15F2N3O2S/c1-14-18(16,17)5-4-15-9-3-2-7(13)6-8(9)10(11)12/h2-3,6,10,14-15H,4-5,13H2,1H3. The molecule has 0 heterocycles. The molecular formula is C10H15F2N3O2S. The van der Waals surface area contributed by atoms with Crippen molar-refractivity contribution in [1.82, 2.24) is 4.72 Å². The minimum absolute atomic E-state index is 0.0345. The maximum Gasteiger partial charge on any atom is 0.265 e. The first-order chi connectivity index (χ1) is 8.35. The van der Waals surface area contributed by atoms with Crippen LogP contribution in [0.4, 0.5) is 20.2 Å². The second-order valence-corrected chi connectivity index (χ2v) is 5.64. The third-order valence-corrected chi connectivity index (χ3v) is 3.67. The van der Waals surface area contributed by atoms with Gasteiger partial charge in [0.25, 0.3) is 6.43 Å². The Morgan fingerprint density at radius 3 is 2.61 bits per heavy atom. The van der Waals surface area contributed by atoms with Crippen LogP contribution in [0.1, 0.15) is 12.0 Å². The van der Waals surface area contributed by atoms with Crippen molar-refractivity contribution in [2.24, 2.45) is 0 Å². The third-order valence-electron chi connectivity index (χ3n) is 2.31. The van der Waals surface area contributed by atoms with Crippen molar-refractivity contribution in [2.45, 2.75) is 6.43 Å². The molecule has 4 N–H and O–H groups in total. The van der Waals surface area contributed by atoms with Gasteiger partial charge in [0, 0.05) is 23.5 Å². The molecule has 1 rings (SSSR count). The van der Waals surface area contributed by atoms with Gasteiger partial charge in [-0.2, -0.15) is 0 Å². The summed E-state index contributed by atoms with van der Waals surface area (Å²) >= 11 is 0. The molecule has 0 fully saturated rings. The highest BCUT2D eigenvalue weighted by Crippen LogP contribution is 2.28. The van der Waals surface area contributed by atoms with Crippen LogP contribution in [0.2, 0.25) is 0 Å². The summed E-state index contributed by atoms with van der Waals surface area (Å²) in [7, 11) is -2.06. The van der Waals surface area contributed by atoms with Crippen molar-refractivity contribution in [3.8, 4) is 0 Å². The Morgan fingerprint density at radius 1 is 1.39 bits per heavy atom. The molecule has 102 valence electrons. The number of halogens is 2. The summed E-state index contributed by atoms with van der Waals surface area (Å²) in [5.41, 5.74) is 5.60. The molecule has 0 radical (unpaired) electrons. The maximum atomic E-state index is 12.7. The van der Waals surface area contributed by atoms with Crippen LogP contribution < -0.4 is 15.8 Å². The van der Waals surface area contributed by atoms with Crippen molar-refractivity contribution in [1.29, 1.82) is 0 Å². The summed E-state index contributed by atoms with van der Waals surface area (Å²) in [4.78, 5) is 0. The number of hydrogen-bond donors (Lipinski definition) is 3. The van der Waals surface area contributed by atoms with Crippen LogP contribution in [-0.4, -0.2) is 27.8 Å². The number of nitrogen functional groups attached to an aromatic ring is 1. The van der Waals surface area contributed by atoms with Crippen molar-refractivity contribution in [3.05, 3.63) is 23.8 Å². The minimum atomic E-state index is -3.36.